The molecule has 0 aromatic heterocycles. The van der Waals surface area contributed by atoms with Crippen LogP contribution in [0, 0.1) is 5.92 Å². The summed E-state index contributed by atoms with van der Waals surface area (Å²) >= 11 is 0. The van der Waals surface area contributed by atoms with Gasteiger partial charge in [0.15, 0.2) is 0 Å². The molecule has 0 heterocycles. The van der Waals surface area contributed by atoms with Crippen molar-refractivity contribution in [3.8, 4) is 11.5 Å². The van der Waals surface area contributed by atoms with Crippen molar-refractivity contribution in [2.75, 3.05) is 13.2 Å². The van der Waals surface area contributed by atoms with Crippen molar-refractivity contribution in [1.29, 1.82) is 0 Å². The summed E-state index contributed by atoms with van der Waals surface area (Å²) in [5.74, 6) is 3.07. The summed E-state index contributed by atoms with van der Waals surface area (Å²) in [7, 11) is 0. The van der Waals surface area contributed by atoms with Crippen LogP contribution in [0.25, 0.3) is 10.8 Å². The Balaban J connectivity index is 1.99. The minimum atomic E-state index is 0.784. The molecular formula is C27H40O2. The smallest absolute Gasteiger partial charge is 0.130 e. The van der Waals surface area contributed by atoms with Crippen molar-refractivity contribution in [1.82, 2.24) is 0 Å². The molecule has 1 atom stereocenters. The second kappa shape index (κ2) is 11.5. The first-order valence-corrected chi connectivity index (χ1v) is 12.1. The van der Waals surface area contributed by atoms with Crippen molar-refractivity contribution < 1.29 is 9.47 Å². The Morgan fingerprint density at radius 1 is 0.759 bits per heavy atom. The largest absolute Gasteiger partial charge is 0.493 e. The van der Waals surface area contributed by atoms with E-state index in [0.29, 0.717) is 0 Å². The minimum absolute atomic E-state index is 0.784. The third kappa shape index (κ3) is 5.47. The number of unbranched alkanes of at least 4 members (excludes halogenated alkanes) is 4. The molecule has 0 saturated heterocycles. The van der Waals surface area contributed by atoms with Crippen LogP contribution in [0.1, 0.15) is 89.7 Å². The molecule has 0 radical (unpaired) electrons. The van der Waals surface area contributed by atoms with E-state index in [1.54, 1.807) is 0 Å². The highest BCUT2D eigenvalue weighted by Gasteiger charge is 2.27. The summed E-state index contributed by atoms with van der Waals surface area (Å²) in [6.45, 7) is 8.36. The number of rotatable bonds is 12. The lowest BCUT2D eigenvalue weighted by atomic mass is 9.79. The zero-order valence-electron chi connectivity index (χ0n) is 18.9. The summed E-state index contributed by atoms with van der Waals surface area (Å²) in [6, 6.07) is 8.72. The zero-order valence-corrected chi connectivity index (χ0v) is 18.9. The molecule has 0 saturated carbocycles. The van der Waals surface area contributed by atoms with Crippen LogP contribution >= 0.6 is 0 Å². The van der Waals surface area contributed by atoms with Crippen molar-refractivity contribution in [2.24, 2.45) is 5.92 Å². The minimum Gasteiger partial charge on any atom is -0.493 e. The standard InChI is InChI=1S/C27H40O2/c1-4-7-10-13-21-16-17-24-25(20-21)27(29-19-9-6-3)23-15-12-11-14-22(23)26(24)28-18-8-5-2/h11-12,14-15,21H,4-10,13,16-20H2,1-3H3. The van der Waals surface area contributed by atoms with Gasteiger partial charge in [0.05, 0.1) is 13.2 Å². The van der Waals surface area contributed by atoms with Gasteiger partial charge < -0.3 is 9.47 Å². The maximum Gasteiger partial charge on any atom is 0.130 e. The quantitative estimate of drug-likeness (QED) is 0.340. The topological polar surface area (TPSA) is 18.5 Å². The van der Waals surface area contributed by atoms with Crippen LogP contribution in [0.2, 0.25) is 0 Å². The molecule has 1 aliphatic carbocycles. The molecule has 1 unspecified atom stereocenters. The van der Waals surface area contributed by atoms with Crippen LogP contribution < -0.4 is 9.47 Å². The van der Waals surface area contributed by atoms with Crippen LogP contribution in [0.15, 0.2) is 24.3 Å². The molecular weight excluding hydrogens is 356 g/mol. The molecule has 2 aromatic carbocycles. The molecule has 2 nitrogen and oxygen atoms in total. The Morgan fingerprint density at radius 2 is 1.34 bits per heavy atom. The van der Waals surface area contributed by atoms with Crippen molar-refractivity contribution in [3.05, 3.63) is 35.4 Å². The molecule has 2 aromatic rings. The first-order valence-electron chi connectivity index (χ1n) is 12.1. The highest BCUT2D eigenvalue weighted by Crippen LogP contribution is 2.46. The first-order chi connectivity index (χ1) is 14.3. The number of fused-ring (bicyclic) bond motifs is 2. The lowest BCUT2D eigenvalue weighted by Gasteiger charge is -2.30. The molecule has 160 valence electrons. The van der Waals surface area contributed by atoms with Crippen LogP contribution in [0.4, 0.5) is 0 Å². The van der Waals surface area contributed by atoms with Crippen molar-refractivity contribution in [3.63, 3.8) is 0 Å². The van der Waals surface area contributed by atoms with Gasteiger partial charge in [0, 0.05) is 21.9 Å². The van der Waals surface area contributed by atoms with E-state index in [9.17, 15) is 0 Å². The monoisotopic (exact) mass is 396 g/mol. The summed E-state index contributed by atoms with van der Waals surface area (Å²) in [5.41, 5.74) is 2.87. The van der Waals surface area contributed by atoms with Gasteiger partial charge in [-0.25, -0.2) is 0 Å². The number of ether oxygens (including phenoxy) is 2. The Morgan fingerprint density at radius 3 is 1.93 bits per heavy atom. The Labute approximate surface area is 178 Å². The third-order valence-corrected chi connectivity index (χ3v) is 6.33. The van der Waals surface area contributed by atoms with E-state index in [4.69, 9.17) is 9.47 Å². The van der Waals surface area contributed by atoms with E-state index in [-0.39, 0.29) is 0 Å². The Bertz CT molecular complexity index is 765. The van der Waals surface area contributed by atoms with Crippen LogP contribution in [-0.2, 0) is 12.8 Å². The average molecular weight is 397 g/mol. The van der Waals surface area contributed by atoms with E-state index >= 15 is 0 Å². The van der Waals surface area contributed by atoms with E-state index < -0.39 is 0 Å². The maximum atomic E-state index is 6.46. The molecule has 3 rings (SSSR count). The number of hydrogen-bond acceptors (Lipinski definition) is 2. The molecule has 0 N–H and O–H groups in total. The molecule has 29 heavy (non-hydrogen) atoms. The molecule has 0 amide bonds. The van der Waals surface area contributed by atoms with Gasteiger partial charge in [-0.1, -0.05) is 83.6 Å². The summed E-state index contributed by atoms with van der Waals surface area (Å²) < 4.78 is 12.9. The lowest BCUT2D eigenvalue weighted by Crippen LogP contribution is -2.18. The molecule has 2 heteroatoms. The van der Waals surface area contributed by atoms with Gasteiger partial charge in [0.2, 0.25) is 0 Å². The van der Waals surface area contributed by atoms with E-state index in [1.165, 1.54) is 54.0 Å². The first kappa shape index (κ1) is 22.0. The van der Waals surface area contributed by atoms with E-state index in [1.807, 2.05) is 0 Å². The van der Waals surface area contributed by atoms with Crippen molar-refractivity contribution in [2.45, 2.75) is 91.4 Å². The van der Waals surface area contributed by atoms with E-state index in [0.717, 1.165) is 69.2 Å². The Hall–Kier alpha value is -1.70. The molecule has 0 fully saturated rings. The fourth-order valence-electron chi connectivity index (χ4n) is 4.59. The highest BCUT2D eigenvalue weighted by molar-refractivity contribution is 5.96. The fraction of sp³-hybridized carbons (Fsp3) is 0.630. The van der Waals surface area contributed by atoms with Crippen LogP contribution in [-0.4, -0.2) is 13.2 Å². The van der Waals surface area contributed by atoms with Crippen LogP contribution in [0.3, 0.4) is 0 Å². The third-order valence-electron chi connectivity index (χ3n) is 6.33. The maximum absolute atomic E-state index is 6.46. The number of hydrogen-bond donors (Lipinski definition) is 0. The fourth-order valence-corrected chi connectivity index (χ4v) is 4.59. The van der Waals surface area contributed by atoms with Crippen LogP contribution in [0.5, 0.6) is 11.5 Å². The SMILES string of the molecule is CCCCCC1CCc2c(c(OCCCC)c3ccccc3c2OCCCC)C1. The van der Waals surface area contributed by atoms with Gasteiger partial charge in [-0.3, -0.25) is 0 Å². The van der Waals surface area contributed by atoms with Gasteiger partial charge in [-0.05, 0) is 38.0 Å². The molecule has 0 aliphatic heterocycles. The van der Waals surface area contributed by atoms with Gasteiger partial charge >= 0.3 is 0 Å². The average Bonchev–Trinajstić information content (AvgIpc) is 2.75. The summed E-state index contributed by atoms with van der Waals surface area (Å²) in [6.07, 6.45) is 13.5. The molecule has 1 aliphatic rings. The molecule has 0 spiro atoms. The Kier molecular flexibility index (Phi) is 8.70. The predicted molar refractivity (Wildman–Crippen MR) is 124 cm³/mol. The predicted octanol–water partition coefficient (Wildman–Crippen LogP) is 7.88. The van der Waals surface area contributed by atoms with Gasteiger partial charge in [0.25, 0.3) is 0 Å². The number of benzene rings is 2. The second-order valence-electron chi connectivity index (χ2n) is 8.67. The van der Waals surface area contributed by atoms with Gasteiger partial charge in [-0.15, -0.1) is 0 Å². The van der Waals surface area contributed by atoms with Crippen molar-refractivity contribution >= 4 is 10.8 Å². The highest BCUT2D eigenvalue weighted by atomic mass is 16.5. The van der Waals surface area contributed by atoms with Gasteiger partial charge in [-0.2, -0.15) is 0 Å². The second-order valence-corrected chi connectivity index (χ2v) is 8.67. The van der Waals surface area contributed by atoms with E-state index in [2.05, 4.69) is 45.0 Å². The normalized spacial score (nSPS) is 16.0. The molecule has 0 bridgehead atoms. The lowest BCUT2D eigenvalue weighted by molar-refractivity contribution is 0.292. The summed E-state index contributed by atoms with van der Waals surface area (Å²) in [5, 5.41) is 2.47. The zero-order chi connectivity index (χ0) is 20.5. The van der Waals surface area contributed by atoms with Gasteiger partial charge in [0.1, 0.15) is 11.5 Å². The summed E-state index contributed by atoms with van der Waals surface area (Å²) in [4.78, 5) is 0.